The minimum Gasteiger partial charge on any atom is -0.325 e. The van der Waals surface area contributed by atoms with E-state index in [1.54, 1.807) is 6.07 Å². The van der Waals surface area contributed by atoms with Crippen LogP contribution in [0.15, 0.2) is 42.1 Å². The van der Waals surface area contributed by atoms with E-state index in [-0.39, 0.29) is 5.70 Å². The van der Waals surface area contributed by atoms with Crippen LogP contribution in [0.1, 0.15) is 15.9 Å². The molecule has 4 heteroatoms. The van der Waals surface area contributed by atoms with Gasteiger partial charge in [-0.25, -0.2) is 0 Å². The van der Waals surface area contributed by atoms with Crippen molar-refractivity contribution in [2.75, 3.05) is 0 Å². The molecular formula is C15H9NO3. The van der Waals surface area contributed by atoms with Gasteiger partial charge in [0.2, 0.25) is 18.0 Å². The van der Waals surface area contributed by atoms with Crippen molar-refractivity contribution < 1.29 is 14.4 Å². The van der Waals surface area contributed by atoms with Crippen LogP contribution in [0.5, 0.6) is 0 Å². The number of hydrogen-bond donors (Lipinski definition) is 1. The SMILES string of the molecule is O=CNC1=Cc2cc3ccccc3cc2C(=O)C1=O. The Morgan fingerprint density at radius 3 is 2.32 bits per heavy atom. The van der Waals surface area contributed by atoms with Crippen LogP contribution in [0.3, 0.4) is 0 Å². The molecule has 1 aliphatic rings. The summed E-state index contributed by atoms with van der Waals surface area (Å²) in [7, 11) is 0. The molecule has 0 unspecified atom stereocenters. The van der Waals surface area contributed by atoms with Crippen molar-refractivity contribution in [3.8, 4) is 0 Å². The molecule has 0 spiro atoms. The molecule has 0 aromatic heterocycles. The standard InChI is InChI=1S/C15H9NO3/c17-8-16-13-7-11-5-9-3-1-2-4-10(9)6-12(11)14(18)15(13)19/h1-8H,(H,16,17). The van der Waals surface area contributed by atoms with Crippen LogP contribution >= 0.6 is 0 Å². The number of nitrogens with one attached hydrogen (secondary N) is 1. The lowest BCUT2D eigenvalue weighted by molar-refractivity contribution is -0.114. The maximum Gasteiger partial charge on any atom is 0.249 e. The van der Waals surface area contributed by atoms with Gasteiger partial charge >= 0.3 is 0 Å². The molecule has 0 fully saturated rings. The number of amides is 1. The van der Waals surface area contributed by atoms with Crippen molar-refractivity contribution in [1.82, 2.24) is 5.32 Å². The van der Waals surface area contributed by atoms with E-state index in [1.807, 2.05) is 30.3 Å². The van der Waals surface area contributed by atoms with Gasteiger partial charge in [0.25, 0.3) is 0 Å². The largest absolute Gasteiger partial charge is 0.325 e. The molecule has 1 amide bonds. The van der Waals surface area contributed by atoms with Gasteiger partial charge in [0.05, 0.1) is 5.70 Å². The fourth-order valence-electron chi connectivity index (χ4n) is 2.21. The predicted octanol–water partition coefficient (Wildman–Crippen LogP) is 1.69. The van der Waals surface area contributed by atoms with Crippen LogP contribution < -0.4 is 5.32 Å². The lowest BCUT2D eigenvalue weighted by Crippen LogP contribution is -2.29. The Balaban J connectivity index is 2.27. The Bertz CT molecular complexity index is 759. The summed E-state index contributed by atoms with van der Waals surface area (Å²) in [6, 6.07) is 11.1. The minimum atomic E-state index is -0.685. The van der Waals surface area contributed by atoms with E-state index < -0.39 is 11.6 Å². The highest BCUT2D eigenvalue weighted by atomic mass is 16.2. The van der Waals surface area contributed by atoms with Crippen LogP contribution in [-0.4, -0.2) is 18.0 Å². The van der Waals surface area contributed by atoms with E-state index in [0.717, 1.165) is 10.8 Å². The molecule has 0 radical (unpaired) electrons. The number of rotatable bonds is 2. The smallest absolute Gasteiger partial charge is 0.249 e. The summed E-state index contributed by atoms with van der Waals surface area (Å²) in [5, 5.41) is 4.15. The Labute approximate surface area is 108 Å². The van der Waals surface area contributed by atoms with E-state index in [9.17, 15) is 14.4 Å². The molecular weight excluding hydrogens is 242 g/mol. The van der Waals surface area contributed by atoms with E-state index in [2.05, 4.69) is 5.32 Å². The van der Waals surface area contributed by atoms with Gasteiger partial charge in [-0.05, 0) is 34.5 Å². The third kappa shape index (κ3) is 1.74. The topological polar surface area (TPSA) is 63.2 Å². The van der Waals surface area contributed by atoms with E-state index in [1.165, 1.54) is 6.08 Å². The summed E-state index contributed by atoms with van der Waals surface area (Å²) in [6.45, 7) is 0. The molecule has 19 heavy (non-hydrogen) atoms. The van der Waals surface area contributed by atoms with Gasteiger partial charge in [0.15, 0.2) is 0 Å². The number of carbonyl (C=O) groups is 3. The summed E-state index contributed by atoms with van der Waals surface area (Å²) in [5.41, 5.74) is 1.04. The summed E-state index contributed by atoms with van der Waals surface area (Å²) in [6.07, 6.45) is 1.92. The normalized spacial score (nSPS) is 14.0. The molecule has 4 nitrogen and oxygen atoms in total. The number of carbonyl (C=O) groups excluding carboxylic acids is 3. The average molecular weight is 251 g/mol. The second-order valence-electron chi connectivity index (χ2n) is 4.27. The predicted molar refractivity (Wildman–Crippen MR) is 70.5 cm³/mol. The van der Waals surface area contributed by atoms with Crippen LogP contribution in [0.4, 0.5) is 0 Å². The summed E-state index contributed by atoms with van der Waals surface area (Å²) < 4.78 is 0. The van der Waals surface area contributed by atoms with Gasteiger partial charge in [0.1, 0.15) is 0 Å². The van der Waals surface area contributed by atoms with Crippen LogP contribution in [0.2, 0.25) is 0 Å². The van der Waals surface area contributed by atoms with Gasteiger partial charge in [0, 0.05) is 5.56 Å². The van der Waals surface area contributed by atoms with Crippen molar-refractivity contribution in [2.45, 2.75) is 0 Å². The first kappa shape index (κ1) is 11.3. The third-order valence-electron chi connectivity index (χ3n) is 3.13. The Morgan fingerprint density at radius 2 is 1.63 bits per heavy atom. The molecule has 3 rings (SSSR count). The second kappa shape index (κ2) is 4.17. The van der Waals surface area contributed by atoms with Crippen LogP contribution in [0.25, 0.3) is 16.8 Å². The van der Waals surface area contributed by atoms with Gasteiger partial charge < -0.3 is 5.32 Å². The summed E-state index contributed by atoms with van der Waals surface area (Å²) in [5.74, 6) is -1.28. The quantitative estimate of drug-likeness (QED) is 0.652. The van der Waals surface area contributed by atoms with Crippen molar-refractivity contribution in [3.63, 3.8) is 0 Å². The van der Waals surface area contributed by atoms with Crippen LogP contribution in [0, 0.1) is 0 Å². The second-order valence-corrected chi connectivity index (χ2v) is 4.27. The number of Topliss-reactive ketones (excluding diaryl/α,β-unsaturated/α-hetero) is 2. The van der Waals surface area contributed by atoms with E-state index in [0.29, 0.717) is 17.5 Å². The molecule has 0 bridgehead atoms. The van der Waals surface area contributed by atoms with Crippen molar-refractivity contribution in [2.24, 2.45) is 0 Å². The maximum absolute atomic E-state index is 12.0. The Hall–Kier alpha value is -2.75. The Kier molecular flexibility index (Phi) is 2.49. The fraction of sp³-hybridized carbons (Fsp3) is 0. The molecule has 0 heterocycles. The van der Waals surface area contributed by atoms with Crippen molar-refractivity contribution in [3.05, 3.63) is 53.2 Å². The van der Waals surface area contributed by atoms with Crippen molar-refractivity contribution >= 4 is 34.8 Å². The lowest BCUT2D eigenvalue weighted by atomic mass is 9.90. The molecule has 2 aromatic rings. The molecule has 2 aromatic carbocycles. The first-order chi connectivity index (χ1) is 9.20. The highest BCUT2D eigenvalue weighted by Crippen LogP contribution is 2.26. The maximum atomic E-state index is 12.0. The molecule has 0 atom stereocenters. The first-order valence-corrected chi connectivity index (χ1v) is 5.74. The molecule has 0 aliphatic heterocycles. The van der Waals surface area contributed by atoms with Gasteiger partial charge in [-0.15, -0.1) is 0 Å². The van der Waals surface area contributed by atoms with Crippen LogP contribution in [-0.2, 0) is 9.59 Å². The Morgan fingerprint density at radius 1 is 0.947 bits per heavy atom. The van der Waals surface area contributed by atoms with Crippen molar-refractivity contribution in [1.29, 1.82) is 0 Å². The molecule has 1 N–H and O–H groups in total. The van der Waals surface area contributed by atoms with E-state index in [4.69, 9.17) is 0 Å². The minimum absolute atomic E-state index is 0.0165. The highest BCUT2D eigenvalue weighted by Gasteiger charge is 2.27. The zero-order valence-corrected chi connectivity index (χ0v) is 9.84. The summed E-state index contributed by atoms with van der Waals surface area (Å²) >= 11 is 0. The average Bonchev–Trinajstić information content (AvgIpc) is 2.43. The summed E-state index contributed by atoms with van der Waals surface area (Å²) in [4.78, 5) is 34.2. The molecule has 0 saturated heterocycles. The molecule has 1 aliphatic carbocycles. The zero-order valence-electron chi connectivity index (χ0n) is 9.84. The molecule has 92 valence electrons. The first-order valence-electron chi connectivity index (χ1n) is 5.74. The number of ketones is 2. The number of fused-ring (bicyclic) bond motifs is 2. The van der Waals surface area contributed by atoms with Gasteiger partial charge in [-0.2, -0.15) is 0 Å². The fourth-order valence-corrected chi connectivity index (χ4v) is 2.21. The zero-order chi connectivity index (χ0) is 13.4. The number of benzene rings is 2. The highest BCUT2D eigenvalue weighted by molar-refractivity contribution is 6.52. The monoisotopic (exact) mass is 251 g/mol. The molecule has 0 saturated carbocycles. The lowest BCUT2D eigenvalue weighted by Gasteiger charge is -2.14. The van der Waals surface area contributed by atoms with Gasteiger partial charge in [-0.1, -0.05) is 24.3 Å². The third-order valence-corrected chi connectivity index (χ3v) is 3.13. The number of allylic oxidation sites excluding steroid dienone is 1. The van der Waals surface area contributed by atoms with Gasteiger partial charge in [-0.3, -0.25) is 14.4 Å². The van der Waals surface area contributed by atoms with E-state index >= 15 is 0 Å². The number of hydrogen-bond acceptors (Lipinski definition) is 3.